The lowest BCUT2D eigenvalue weighted by atomic mass is 9.99. The maximum Gasteiger partial charge on any atom is 0.258 e. The van der Waals surface area contributed by atoms with Gasteiger partial charge in [0.15, 0.2) is 11.5 Å². The number of para-hydroxylation sites is 1. The van der Waals surface area contributed by atoms with Gasteiger partial charge in [-0.3, -0.25) is 9.69 Å². The summed E-state index contributed by atoms with van der Waals surface area (Å²) in [5, 5.41) is 0.566. The van der Waals surface area contributed by atoms with Crippen LogP contribution in [0.2, 0.25) is 5.02 Å². The van der Waals surface area contributed by atoms with Gasteiger partial charge in [0.1, 0.15) is 0 Å². The highest BCUT2D eigenvalue weighted by atomic mass is 35.5. The van der Waals surface area contributed by atoms with E-state index >= 15 is 0 Å². The molecule has 0 saturated carbocycles. The summed E-state index contributed by atoms with van der Waals surface area (Å²) < 4.78 is 11.1. The fourth-order valence-electron chi connectivity index (χ4n) is 4.61. The Balaban J connectivity index is 1.52. The molecule has 0 atom stereocenters. The van der Waals surface area contributed by atoms with Crippen molar-refractivity contribution in [3.63, 3.8) is 0 Å². The second-order valence-corrected chi connectivity index (χ2v) is 9.12. The molecule has 0 bridgehead atoms. The zero-order valence-corrected chi connectivity index (χ0v) is 20.7. The van der Waals surface area contributed by atoms with Crippen molar-refractivity contribution < 1.29 is 14.3 Å². The predicted octanol–water partition coefficient (Wildman–Crippen LogP) is 5.98. The average Bonchev–Trinajstić information content (AvgIpc) is 2.86. The molecule has 4 rings (SSSR count). The quantitative estimate of drug-likeness (QED) is 0.419. The number of hydrogen-bond donors (Lipinski definition) is 0. The molecule has 1 aliphatic rings. The number of carbonyl (C=O) groups is 1. The van der Waals surface area contributed by atoms with Gasteiger partial charge in [-0.05, 0) is 56.2 Å². The number of nitrogens with zero attached hydrogens (tertiary/aromatic N) is 2. The maximum absolute atomic E-state index is 13.6. The Morgan fingerprint density at radius 1 is 1.00 bits per heavy atom. The number of amides is 1. The normalized spacial score (nSPS) is 14.6. The van der Waals surface area contributed by atoms with Gasteiger partial charge in [0, 0.05) is 47.5 Å². The topological polar surface area (TPSA) is 42.0 Å². The third-order valence-electron chi connectivity index (χ3n) is 6.40. The molecule has 0 N–H and O–H groups in total. The first-order valence-corrected chi connectivity index (χ1v) is 12.0. The Bertz CT molecular complexity index is 1120. The van der Waals surface area contributed by atoms with E-state index in [0.717, 1.165) is 55.2 Å². The van der Waals surface area contributed by atoms with Crippen molar-refractivity contribution in [1.29, 1.82) is 0 Å². The van der Waals surface area contributed by atoms with E-state index in [9.17, 15) is 4.79 Å². The third-order valence-corrected chi connectivity index (χ3v) is 6.64. The van der Waals surface area contributed by atoms with Crippen LogP contribution < -0.4 is 14.4 Å². The molecule has 6 heteroatoms. The van der Waals surface area contributed by atoms with Gasteiger partial charge < -0.3 is 14.4 Å². The fraction of sp³-hybridized carbons (Fsp3) is 0.321. The molecular weight excluding hydrogens is 448 g/mol. The van der Waals surface area contributed by atoms with Crippen molar-refractivity contribution in [3.8, 4) is 11.5 Å². The molecule has 0 unspecified atom stereocenters. The molecule has 3 aromatic rings. The number of methoxy groups -OCH3 is 2. The molecular formula is C28H31ClN2O3. The zero-order valence-electron chi connectivity index (χ0n) is 20.0. The number of hydrogen-bond acceptors (Lipinski definition) is 4. The van der Waals surface area contributed by atoms with E-state index < -0.39 is 0 Å². The number of likely N-dealkylation sites (tertiary alicyclic amines) is 1. The number of halogens is 1. The smallest absolute Gasteiger partial charge is 0.258 e. The highest BCUT2D eigenvalue weighted by molar-refractivity contribution is 6.31. The highest BCUT2D eigenvalue weighted by Crippen LogP contribution is 2.33. The SMILES string of the molecule is COc1cccc(CN2CCC(N(C(=O)c3cccc(Cl)c3)c3ccc(C)cc3)CC2)c1OC. The maximum atomic E-state index is 13.6. The van der Waals surface area contributed by atoms with Crippen LogP contribution in [0.15, 0.2) is 66.7 Å². The number of rotatable bonds is 7. The minimum absolute atomic E-state index is 0.0146. The van der Waals surface area contributed by atoms with Crippen LogP contribution in [0.4, 0.5) is 5.69 Å². The second-order valence-electron chi connectivity index (χ2n) is 8.68. The molecule has 1 aliphatic heterocycles. The van der Waals surface area contributed by atoms with Crippen LogP contribution in [0, 0.1) is 6.92 Å². The van der Waals surface area contributed by atoms with Crippen molar-refractivity contribution in [2.45, 2.75) is 32.4 Å². The molecule has 1 fully saturated rings. The molecule has 1 heterocycles. The van der Waals surface area contributed by atoms with Crippen LogP contribution >= 0.6 is 11.6 Å². The van der Waals surface area contributed by atoms with E-state index in [1.165, 1.54) is 5.56 Å². The predicted molar refractivity (Wildman–Crippen MR) is 137 cm³/mol. The van der Waals surface area contributed by atoms with Gasteiger partial charge in [0.05, 0.1) is 14.2 Å². The van der Waals surface area contributed by atoms with Crippen LogP contribution in [-0.2, 0) is 6.54 Å². The van der Waals surface area contributed by atoms with Crippen molar-refractivity contribution in [2.75, 3.05) is 32.2 Å². The summed E-state index contributed by atoms with van der Waals surface area (Å²) in [4.78, 5) is 18.0. The summed E-state index contributed by atoms with van der Waals surface area (Å²) in [5.74, 6) is 1.51. The number of piperidine rings is 1. The Morgan fingerprint density at radius 3 is 2.35 bits per heavy atom. The summed E-state index contributed by atoms with van der Waals surface area (Å²) in [6.07, 6.45) is 1.76. The zero-order chi connectivity index (χ0) is 24.1. The lowest BCUT2D eigenvalue weighted by molar-refractivity contribution is 0.0958. The number of anilines is 1. The van der Waals surface area contributed by atoms with Gasteiger partial charge in [0.25, 0.3) is 5.91 Å². The van der Waals surface area contributed by atoms with Crippen molar-refractivity contribution in [3.05, 3.63) is 88.4 Å². The standard InChI is InChI=1S/C28H31ClN2O3/c1-20-10-12-24(13-11-20)31(28(32)21-6-4-8-23(29)18-21)25-14-16-30(17-15-25)19-22-7-5-9-26(33-2)27(22)34-3/h4-13,18,25H,14-17,19H2,1-3H3. The Labute approximate surface area is 206 Å². The van der Waals surface area contributed by atoms with Crippen LogP contribution in [-0.4, -0.2) is 44.2 Å². The lowest BCUT2D eigenvalue weighted by Gasteiger charge is -2.39. The van der Waals surface area contributed by atoms with Gasteiger partial charge in [-0.2, -0.15) is 0 Å². The largest absolute Gasteiger partial charge is 0.493 e. The monoisotopic (exact) mass is 478 g/mol. The van der Waals surface area contributed by atoms with Crippen molar-refractivity contribution in [1.82, 2.24) is 4.90 Å². The van der Waals surface area contributed by atoms with Gasteiger partial charge in [-0.25, -0.2) is 0 Å². The molecule has 0 aliphatic carbocycles. The summed E-state index contributed by atoms with van der Waals surface area (Å²) in [7, 11) is 3.33. The average molecular weight is 479 g/mol. The fourth-order valence-corrected chi connectivity index (χ4v) is 4.80. The second kappa shape index (κ2) is 10.9. The van der Waals surface area contributed by atoms with Gasteiger partial charge in [0.2, 0.25) is 0 Å². The molecule has 0 radical (unpaired) electrons. The molecule has 34 heavy (non-hydrogen) atoms. The summed E-state index contributed by atoms with van der Waals surface area (Å²) >= 11 is 6.19. The number of benzene rings is 3. The summed E-state index contributed by atoms with van der Waals surface area (Å²) in [6.45, 7) is 4.60. The molecule has 0 aromatic heterocycles. The van der Waals surface area contributed by atoms with Crippen LogP contribution in [0.1, 0.15) is 34.3 Å². The first kappa shape index (κ1) is 24.1. The van der Waals surface area contributed by atoms with Crippen LogP contribution in [0.25, 0.3) is 0 Å². The van der Waals surface area contributed by atoms with Gasteiger partial charge >= 0.3 is 0 Å². The number of carbonyl (C=O) groups excluding carboxylic acids is 1. The molecule has 5 nitrogen and oxygen atoms in total. The first-order valence-electron chi connectivity index (χ1n) is 11.6. The first-order chi connectivity index (χ1) is 16.5. The molecule has 0 spiro atoms. The summed E-state index contributed by atoms with van der Waals surface area (Å²) in [5.41, 5.74) is 3.80. The van der Waals surface area contributed by atoms with Crippen LogP contribution in [0.5, 0.6) is 11.5 Å². The molecule has 1 saturated heterocycles. The Hall–Kier alpha value is -3.02. The lowest BCUT2D eigenvalue weighted by Crippen LogP contribution is -2.47. The van der Waals surface area contributed by atoms with Crippen molar-refractivity contribution >= 4 is 23.2 Å². The summed E-state index contributed by atoms with van der Waals surface area (Å²) in [6, 6.07) is 21.5. The van der Waals surface area contributed by atoms with Gasteiger partial charge in [-0.1, -0.05) is 47.5 Å². The highest BCUT2D eigenvalue weighted by Gasteiger charge is 2.30. The number of ether oxygens (including phenoxy) is 2. The third kappa shape index (κ3) is 5.37. The van der Waals surface area contributed by atoms with E-state index in [1.54, 1.807) is 26.4 Å². The van der Waals surface area contributed by atoms with E-state index in [1.807, 2.05) is 41.3 Å². The van der Waals surface area contributed by atoms with Gasteiger partial charge in [-0.15, -0.1) is 0 Å². The minimum Gasteiger partial charge on any atom is -0.493 e. The van der Waals surface area contributed by atoms with E-state index in [-0.39, 0.29) is 11.9 Å². The van der Waals surface area contributed by atoms with Crippen molar-refractivity contribution in [2.24, 2.45) is 0 Å². The minimum atomic E-state index is -0.0146. The molecule has 1 amide bonds. The van der Waals surface area contributed by atoms with E-state index in [4.69, 9.17) is 21.1 Å². The Kier molecular flexibility index (Phi) is 7.76. The molecule has 3 aromatic carbocycles. The Morgan fingerprint density at radius 2 is 1.71 bits per heavy atom. The van der Waals surface area contributed by atoms with Crippen LogP contribution in [0.3, 0.4) is 0 Å². The number of aryl methyl sites for hydroxylation is 1. The van der Waals surface area contributed by atoms with E-state index in [0.29, 0.717) is 10.6 Å². The molecule has 178 valence electrons. The van der Waals surface area contributed by atoms with E-state index in [2.05, 4.69) is 30.0 Å².